The van der Waals surface area contributed by atoms with Crippen molar-refractivity contribution in [3.8, 4) is 0 Å². The van der Waals surface area contributed by atoms with Crippen LogP contribution in [0.25, 0.3) is 0 Å². The zero-order valence-electron chi connectivity index (χ0n) is 19.3. The third-order valence-electron chi connectivity index (χ3n) is 3.69. The summed E-state index contributed by atoms with van der Waals surface area (Å²) in [6.07, 6.45) is 3.47. The van der Waals surface area contributed by atoms with Crippen LogP contribution in [-0.2, 0) is 27.9 Å². The van der Waals surface area contributed by atoms with Gasteiger partial charge in [0, 0.05) is 0 Å². The van der Waals surface area contributed by atoms with Crippen LogP contribution in [0.15, 0.2) is 0 Å². The Morgan fingerprint density at radius 3 is 1.21 bits per heavy atom. The average molecular weight is 435 g/mol. The first-order valence-electron chi connectivity index (χ1n) is 10.6. The van der Waals surface area contributed by atoms with Crippen LogP contribution in [-0.4, -0.2) is 54.0 Å². The van der Waals surface area contributed by atoms with E-state index < -0.39 is 40.8 Å². The maximum atomic E-state index is 12.8. The summed E-state index contributed by atoms with van der Waals surface area (Å²) in [5, 5.41) is 0. The van der Waals surface area contributed by atoms with Crippen LogP contribution in [0.2, 0.25) is 39.3 Å². The topological polar surface area (TPSA) is 71.1 Å². The average Bonchev–Trinajstić information content (AvgIpc) is 2.56. The van der Waals surface area contributed by atoms with Gasteiger partial charge in [0.2, 0.25) is 0 Å². The van der Waals surface area contributed by atoms with Crippen LogP contribution in [0.5, 0.6) is 0 Å². The Bertz CT molecular complexity index is 415. The van der Waals surface area contributed by atoms with Crippen LogP contribution in [0.3, 0.4) is 0 Å². The smallest absolute Gasteiger partial charge is 0.337 e. The fourth-order valence-electron chi connectivity index (χ4n) is 2.44. The van der Waals surface area contributed by atoms with Crippen molar-refractivity contribution in [2.75, 3.05) is 13.2 Å². The van der Waals surface area contributed by atoms with Crippen molar-refractivity contribution in [3.05, 3.63) is 0 Å². The highest BCUT2D eigenvalue weighted by Crippen LogP contribution is 2.20. The summed E-state index contributed by atoms with van der Waals surface area (Å²) in [5.41, 5.74) is 0. The molecule has 0 aromatic heterocycles. The van der Waals surface area contributed by atoms with E-state index in [1.807, 2.05) is 39.3 Å². The molecule has 6 nitrogen and oxygen atoms in total. The molecule has 0 saturated carbocycles. The lowest BCUT2D eigenvalue weighted by atomic mass is 10.2. The minimum absolute atomic E-state index is 0.323. The van der Waals surface area contributed by atoms with E-state index in [9.17, 15) is 9.59 Å². The predicted octanol–water partition coefficient (Wildman–Crippen LogP) is 4.89. The van der Waals surface area contributed by atoms with Crippen molar-refractivity contribution < 1.29 is 27.9 Å². The van der Waals surface area contributed by atoms with Crippen LogP contribution < -0.4 is 0 Å². The largest absolute Gasteiger partial charge is 0.464 e. The summed E-state index contributed by atoms with van der Waals surface area (Å²) in [7, 11) is -4.28. The number of rotatable bonds is 15. The third kappa shape index (κ3) is 13.5. The maximum absolute atomic E-state index is 12.8. The van der Waals surface area contributed by atoms with Gasteiger partial charge in [-0.3, -0.25) is 0 Å². The minimum atomic E-state index is -2.14. The molecule has 0 aliphatic heterocycles. The van der Waals surface area contributed by atoms with E-state index in [1.165, 1.54) is 0 Å². The SMILES string of the molecule is CCCCCOC(=O)C(O[Si](C)(C)C)C(O[Si](C)(C)C)C(=O)OCCCCC. The van der Waals surface area contributed by atoms with Crippen LogP contribution in [0.4, 0.5) is 0 Å². The molecule has 166 valence electrons. The van der Waals surface area contributed by atoms with Crippen LogP contribution in [0, 0.1) is 0 Å². The first kappa shape index (κ1) is 27.3. The first-order valence-corrected chi connectivity index (χ1v) is 17.4. The highest BCUT2D eigenvalue weighted by Gasteiger charge is 2.43. The van der Waals surface area contributed by atoms with Gasteiger partial charge in [-0.25, -0.2) is 9.59 Å². The van der Waals surface area contributed by atoms with E-state index in [0.717, 1.165) is 38.5 Å². The van der Waals surface area contributed by atoms with E-state index in [2.05, 4.69) is 13.8 Å². The number of esters is 2. The second kappa shape index (κ2) is 13.5. The molecule has 0 aliphatic rings. The fourth-order valence-corrected chi connectivity index (χ4v) is 4.41. The molecule has 0 heterocycles. The molecule has 28 heavy (non-hydrogen) atoms. The second-order valence-electron chi connectivity index (χ2n) is 9.05. The standard InChI is InChI=1S/C20H42O6Si2/c1-9-11-13-15-23-19(21)17(25-27(3,4)5)18(26-28(6,7)8)20(22)24-16-14-12-10-2/h17-18H,9-16H2,1-8H3. The van der Waals surface area contributed by atoms with Gasteiger partial charge >= 0.3 is 11.9 Å². The maximum Gasteiger partial charge on any atom is 0.337 e. The van der Waals surface area contributed by atoms with E-state index in [-0.39, 0.29) is 0 Å². The predicted molar refractivity (Wildman–Crippen MR) is 117 cm³/mol. The number of hydrogen-bond acceptors (Lipinski definition) is 6. The van der Waals surface area contributed by atoms with Gasteiger partial charge in [-0.1, -0.05) is 39.5 Å². The molecule has 0 aromatic rings. The van der Waals surface area contributed by atoms with Gasteiger partial charge in [0.25, 0.3) is 0 Å². The Hall–Kier alpha value is -0.706. The summed E-state index contributed by atoms with van der Waals surface area (Å²) in [6, 6.07) is 0. The third-order valence-corrected chi connectivity index (χ3v) is 5.61. The lowest BCUT2D eigenvalue weighted by Gasteiger charge is -2.33. The molecule has 8 heteroatoms. The van der Waals surface area contributed by atoms with Gasteiger partial charge in [-0.05, 0) is 52.1 Å². The minimum Gasteiger partial charge on any atom is -0.464 e. The zero-order valence-corrected chi connectivity index (χ0v) is 21.3. The molecular formula is C20H42O6Si2. The molecule has 0 fully saturated rings. The lowest BCUT2D eigenvalue weighted by Crippen LogP contribution is -2.53. The normalized spacial score (nSPS) is 14.4. The van der Waals surface area contributed by atoms with Crippen molar-refractivity contribution >= 4 is 28.6 Å². The van der Waals surface area contributed by atoms with Gasteiger partial charge in [0.15, 0.2) is 28.8 Å². The Balaban J connectivity index is 5.36. The summed E-state index contributed by atoms with van der Waals surface area (Å²) in [6.45, 7) is 16.7. The van der Waals surface area contributed by atoms with Crippen molar-refractivity contribution in [1.29, 1.82) is 0 Å². The van der Waals surface area contributed by atoms with Gasteiger partial charge in [-0.15, -0.1) is 0 Å². The Kier molecular flexibility index (Phi) is 13.2. The molecular weight excluding hydrogens is 392 g/mol. The number of hydrogen-bond donors (Lipinski definition) is 0. The van der Waals surface area contributed by atoms with Gasteiger partial charge in [0.1, 0.15) is 0 Å². The Morgan fingerprint density at radius 2 is 0.964 bits per heavy atom. The van der Waals surface area contributed by atoms with Gasteiger partial charge in [-0.2, -0.15) is 0 Å². The van der Waals surface area contributed by atoms with E-state index in [4.69, 9.17) is 18.3 Å². The summed E-state index contributed by atoms with van der Waals surface area (Å²) < 4.78 is 23.0. The van der Waals surface area contributed by atoms with E-state index in [0.29, 0.717) is 13.2 Å². The first-order chi connectivity index (χ1) is 12.9. The van der Waals surface area contributed by atoms with Crippen molar-refractivity contribution in [1.82, 2.24) is 0 Å². The molecule has 0 spiro atoms. The molecule has 2 unspecified atom stereocenters. The summed E-state index contributed by atoms with van der Waals surface area (Å²) >= 11 is 0. The lowest BCUT2D eigenvalue weighted by molar-refractivity contribution is -0.170. The quantitative estimate of drug-likeness (QED) is 0.207. The highest BCUT2D eigenvalue weighted by molar-refractivity contribution is 6.70. The molecule has 2 atom stereocenters. The molecule has 0 saturated heterocycles. The fraction of sp³-hybridized carbons (Fsp3) is 0.900. The molecule has 0 rings (SSSR count). The molecule has 0 aromatic carbocycles. The molecule has 0 radical (unpaired) electrons. The van der Waals surface area contributed by atoms with E-state index >= 15 is 0 Å². The summed E-state index contributed by atoms with van der Waals surface area (Å²) in [5.74, 6) is -1.07. The number of ether oxygens (including phenoxy) is 2. The van der Waals surface area contributed by atoms with Gasteiger partial charge < -0.3 is 18.3 Å². The summed E-state index contributed by atoms with van der Waals surface area (Å²) in [4.78, 5) is 25.6. The Morgan fingerprint density at radius 1 is 0.643 bits per heavy atom. The monoisotopic (exact) mass is 434 g/mol. The molecule has 0 aliphatic carbocycles. The second-order valence-corrected chi connectivity index (χ2v) is 18.0. The van der Waals surface area contributed by atoms with Crippen LogP contribution in [0.1, 0.15) is 52.4 Å². The van der Waals surface area contributed by atoms with E-state index in [1.54, 1.807) is 0 Å². The van der Waals surface area contributed by atoms with Crippen molar-refractivity contribution in [2.24, 2.45) is 0 Å². The van der Waals surface area contributed by atoms with Crippen LogP contribution >= 0.6 is 0 Å². The number of unbranched alkanes of at least 4 members (excludes halogenated alkanes) is 4. The van der Waals surface area contributed by atoms with Crippen molar-refractivity contribution in [2.45, 2.75) is 104 Å². The van der Waals surface area contributed by atoms with Gasteiger partial charge in [0.05, 0.1) is 13.2 Å². The number of carbonyl (C=O) groups is 2. The Labute approximate surface area is 173 Å². The molecule has 0 bridgehead atoms. The zero-order chi connectivity index (χ0) is 21.8. The van der Waals surface area contributed by atoms with Crippen molar-refractivity contribution in [3.63, 3.8) is 0 Å². The highest BCUT2D eigenvalue weighted by atomic mass is 28.4. The molecule has 0 N–H and O–H groups in total. The number of carbonyl (C=O) groups excluding carboxylic acids is 2. The molecule has 0 amide bonds.